The van der Waals surface area contributed by atoms with E-state index in [0.29, 0.717) is 17.9 Å². The van der Waals surface area contributed by atoms with E-state index in [2.05, 4.69) is 10.6 Å². The van der Waals surface area contributed by atoms with Gasteiger partial charge in [-0.2, -0.15) is 0 Å². The van der Waals surface area contributed by atoms with Crippen molar-refractivity contribution in [3.05, 3.63) is 58.0 Å². The molecule has 0 saturated carbocycles. The number of rotatable bonds is 10. The Morgan fingerprint density at radius 3 is 2.45 bits per heavy atom. The molecule has 0 bridgehead atoms. The van der Waals surface area contributed by atoms with E-state index < -0.39 is 24.5 Å². The largest absolute Gasteiger partial charge is 0.454 e. The highest BCUT2D eigenvalue weighted by Crippen LogP contribution is 2.26. The van der Waals surface area contributed by atoms with Crippen LogP contribution in [0.3, 0.4) is 0 Å². The minimum absolute atomic E-state index is 0.228. The molecule has 0 fully saturated rings. The number of esters is 1. The van der Waals surface area contributed by atoms with Crippen LogP contribution in [0.1, 0.15) is 43.2 Å². The summed E-state index contributed by atoms with van der Waals surface area (Å²) in [5.74, 6) is -1.38. The summed E-state index contributed by atoms with van der Waals surface area (Å²) >= 11 is 1.45. The maximum absolute atomic E-state index is 13.2. The second-order valence-electron chi connectivity index (χ2n) is 6.94. The van der Waals surface area contributed by atoms with Crippen molar-refractivity contribution in [2.24, 2.45) is 5.92 Å². The number of thiophene rings is 1. The van der Waals surface area contributed by atoms with Crippen LogP contribution in [0.4, 0.5) is 4.39 Å². The fraction of sp³-hybridized carbons (Fsp3) is 0.381. The SMILES string of the molecule is CC(C)CCC(=O)NCC(=O)OCC(=O)NC(c1ccc(F)cc1)c1cccs1. The second kappa shape index (κ2) is 11.3. The number of benzene rings is 1. The molecule has 2 amide bonds. The second-order valence-corrected chi connectivity index (χ2v) is 7.92. The molecule has 2 aromatic rings. The zero-order valence-corrected chi connectivity index (χ0v) is 17.3. The van der Waals surface area contributed by atoms with Crippen LogP contribution < -0.4 is 10.6 Å². The number of carbonyl (C=O) groups excluding carboxylic acids is 3. The summed E-state index contributed by atoms with van der Waals surface area (Å²) in [6.45, 7) is 3.27. The smallest absolute Gasteiger partial charge is 0.325 e. The standard InChI is InChI=1S/C21H25FN2O4S/c1-14(2)5-10-18(25)23-12-20(27)28-13-19(26)24-21(17-4-3-11-29-17)15-6-8-16(22)9-7-15/h3-4,6-9,11,14,21H,5,10,12-13H2,1-2H3,(H,23,25)(H,24,26). The first kappa shape index (κ1) is 22.5. The van der Waals surface area contributed by atoms with Gasteiger partial charge in [0.15, 0.2) is 6.61 Å². The van der Waals surface area contributed by atoms with Gasteiger partial charge in [0.25, 0.3) is 5.91 Å². The Morgan fingerprint density at radius 1 is 1.10 bits per heavy atom. The summed E-state index contributed by atoms with van der Waals surface area (Å²) < 4.78 is 18.1. The van der Waals surface area contributed by atoms with Gasteiger partial charge in [-0.05, 0) is 41.5 Å². The quantitative estimate of drug-likeness (QED) is 0.578. The van der Waals surface area contributed by atoms with Gasteiger partial charge in [0, 0.05) is 11.3 Å². The Labute approximate surface area is 173 Å². The molecule has 0 saturated heterocycles. The molecule has 0 spiro atoms. The minimum atomic E-state index is -0.687. The highest BCUT2D eigenvalue weighted by atomic mass is 32.1. The number of nitrogens with one attached hydrogen (secondary N) is 2. The van der Waals surface area contributed by atoms with Gasteiger partial charge < -0.3 is 15.4 Å². The van der Waals surface area contributed by atoms with E-state index in [1.807, 2.05) is 31.4 Å². The molecule has 1 aromatic heterocycles. The van der Waals surface area contributed by atoms with Gasteiger partial charge in [0.2, 0.25) is 5.91 Å². The topological polar surface area (TPSA) is 84.5 Å². The predicted octanol–water partition coefficient (Wildman–Crippen LogP) is 3.19. The van der Waals surface area contributed by atoms with Crippen LogP contribution in [-0.2, 0) is 19.1 Å². The van der Waals surface area contributed by atoms with Crippen molar-refractivity contribution in [1.82, 2.24) is 10.6 Å². The maximum atomic E-state index is 13.2. The number of amides is 2. The molecule has 2 N–H and O–H groups in total. The number of ether oxygens (including phenoxy) is 1. The monoisotopic (exact) mass is 420 g/mol. The molecule has 8 heteroatoms. The van der Waals surface area contributed by atoms with E-state index >= 15 is 0 Å². The summed E-state index contributed by atoms with van der Waals surface area (Å²) in [6.07, 6.45) is 1.07. The molecular formula is C21H25FN2O4S. The fourth-order valence-electron chi connectivity index (χ4n) is 2.51. The lowest BCUT2D eigenvalue weighted by Gasteiger charge is -2.18. The van der Waals surface area contributed by atoms with Crippen LogP contribution in [0.2, 0.25) is 0 Å². The first-order chi connectivity index (χ1) is 13.8. The van der Waals surface area contributed by atoms with Crippen LogP contribution in [-0.4, -0.2) is 30.9 Å². The molecule has 0 radical (unpaired) electrons. The molecule has 0 aliphatic rings. The zero-order valence-electron chi connectivity index (χ0n) is 16.4. The van der Waals surface area contributed by atoms with E-state index in [0.717, 1.165) is 11.3 Å². The molecule has 0 aliphatic heterocycles. The summed E-state index contributed by atoms with van der Waals surface area (Å²) in [6, 6.07) is 9.08. The van der Waals surface area contributed by atoms with Crippen LogP contribution in [0.25, 0.3) is 0 Å². The maximum Gasteiger partial charge on any atom is 0.325 e. The lowest BCUT2D eigenvalue weighted by molar-refractivity contribution is -0.148. The number of halogens is 1. The minimum Gasteiger partial charge on any atom is -0.454 e. The van der Waals surface area contributed by atoms with Crippen LogP contribution >= 0.6 is 11.3 Å². The number of hydrogen-bond acceptors (Lipinski definition) is 5. The zero-order chi connectivity index (χ0) is 21.2. The lowest BCUT2D eigenvalue weighted by atomic mass is 10.1. The van der Waals surface area contributed by atoms with Gasteiger partial charge in [-0.25, -0.2) is 4.39 Å². The van der Waals surface area contributed by atoms with Crippen molar-refractivity contribution in [3.8, 4) is 0 Å². The van der Waals surface area contributed by atoms with E-state index in [1.54, 1.807) is 12.1 Å². The van der Waals surface area contributed by atoms with Crippen molar-refractivity contribution in [2.75, 3.05) is 13.2 Å². The summed E-state index contributed by atoms with van der Waals surface area (Å²) in [5.41, 5.74) is 0.714. The molecular weight excluding hydrogens is 395 g/mol. The first-order valence-electron chi connectivity index (χ1n) is 9.35. The normalized spacial score (nSPS) is 11.7. The number of hydrogen-bond donors (Lipinski definition) is 2. The lowest BCUT2D eigenvalue weighted by Crippen LogP contribution is -2.35. The summed E-state index contributed by atoms with van der Waals surface area (Å²) in [5, 5.41) is 7.14. The van der Waals surface area contributed by atoms with Crippen LogP contribution in [0.5, 0.6) is 0 Å². The molecule has 6 nitrogen and oxygen atoms in total. The third-order valence-electron chi connectivity index (χ3n) is 4.08. The Kier molecular flexibility index (Phi) is 8.79. The van der Waals surface area contributed by atoms with E-state index in [-0.39, 0.29) is 18.3 Å². The van der Waals surface area contributed by atoms with Gasteiger partial charge in [-0.1, -0.05) is 32.0 Å². The Morgan fingerprint density at radius 2 is 1.83 bits per heavy atom. The molecule has 1 atom stereocenters. The fourth-order valence-corrected chi connectivity index (χ4v) is 3.31. The van der Waals surface area contributed by atoms with Gasteiger partial charge in [0.1, 0.15) is 12.4 Å². The van der Waals surface area contributed by atoms with Gasteiger partial charge in [0.05, 0.1) is 6.04 Å². The van der Waals surface area contributed by atoms with Crippen LogP contribution in [0.15, 0.2) is 41.8 Å². The predicted molar refractivity (Wildman–Crippen MR) is 109 cm³/mol. The van der Waals surface area contributed by atoms with E-state index in [4.69, 9.17) is 4.74 Å². The summed E-state index contributed by atoms with van der Waals surface area (Å²) in [4.78, 5) is 36.5. The highest BCUT2D eigenvalue weighted by molar-refractivity contribution is 7.10. The van der Waals surface area contributed by atoms with E-state index in [1.165, 1.54) is 23.5 Å². The van der Waals surface area contributed by atoms with Crippen molar-refractivity contribution < 1.29 is 23.5 Å². The van der Waals surface area contributed by atoms with E-state index in [9.17, 15) is 18.8 Å². The highest BCUT2D eigenvalue weighted by Gasteiger charge is 2.19. The molecule has 2 rings (SSSR count). The van der Waals surface area contributed by atoms with Crippen molar-refractivity contribution in [2.45, 2.75) is 32.7 Å². The van der Waals surface area contributed by atoms with Gasteiger partial charge in [-0.3, -0.25) is 14.4 Å². The third kappa shape index (κ3) is 8.03. The van der Waals surface area contributed by atoms with Crippen molar-refractivity contribution in [1.29, 1.82) is 0 Å². The molecule has 1 heterocycles. The van der Waals surface area contributed by atoms with Gasteiger partial charge >= 0.3 is 5.97 Å². The average molecular weight is 421 g/mol. The van der Waals surface area contributed by atoms with Crippen LogP contribution in [0, 0.1) is 11.7 Å². The molecule has 156 valence electrons. The first-order valence-corrected chi connectivity index (χ1v) is 10.2. The summed E-state index contributed by atoms with van der Waals surface area (Å²) in [7, 11) is 0. The molecule has 1 unspecified atom stereocenters. The Bertz CT molecular complexity index is 807. The molecule has 29 heavy (non-hydrogen) atoms. The van der Waals surface area contributed by atoms with Gasteiger partial charge in [-0.15, -0.1) is 11.3 Å². The average Bonchev–Trinajstić information content (AvgIpc) is 3.22. The Balaban J connectivity index is 1.83. The molecule has 1 aromatic carbocycles. The molecule has 0 aliphatic carbocycles. The Hall–Kier alpha value is -2.74. The number of carbonyl (C=O) groups is 3. The third-order valence-corrected chi connectivity index (χ3v) is 5.02. The van der Waals surface area contributed by atoms with Crippen molar-refractivity contribution >= 4 is 29.1 Å². The van der Waals surface area contributed by atoms with Crippen molar-refractivity contribution in [3.63, 3.8) is 0 Å².